The highest BCUT2D eigenvalue weighted by Crippen LogP contribution is 2.17. The second kappa shape index (κ2) is 9.27. The van der Waals surface area contributed by atoms with E-state index < -0.39 is 10.0 Å². The summed E-state index contributed by atoms with van der Waals surface area (Å²) < 4.78 is 27.0. The lowest BCUT2D eigenvalue weighted by Crippen LogP contribution is -2.16. The first-order valence-electron chi connectivity index (χ1n) is 9.13. The molecule has 0 fully saturated rings. The SMILES string of the molecule is Cc1ccc(C(=O)CCC(=O)Nc2ccc(S(=O)(=O)Nc3ncccn3)cc2)cc1. The number of nitrogens with one attached hydrogen (secondary N) is 2. The molecule has 3 aromatic rings. The Morgan fingerprint density at radius 2 is 1.53 bits per heavy atom. The molecule has 0 spiro atoms. The number of hydrogen-bond donors (Lipinski definition) is 2. The van der Waals surface area contributed by atoms with Gasteiger partial charge in [0.05, 0.1) is 4.90 Å². The third-order valence-electron chi connectivity index (χ3n) is 4.19. The van der Waals surface area contributed by atoms with Crippen LogP contribution >= 0.6 is 0 Å². The number of benzene rings is 2. The van der Waals surface area contributed by atoms with E-state index in [1.807, 2.05) is 19.1 Å². The highest BCUT2D eigenvalue weighted by molar-refractivity contribution is 7.92. The number of anilines is 2. The van der Waals surface area contributed by atoms with Gasteiger partial charge >= 0.3 is 0 Å². The molecule has 0 bridgehead atoms. The Bertz CT molecular complexity index is 1130. The molecule has 0 saturated heterocycles. The molecule has 0 atom stereocenters. The van der Waals surface area contributed by atoms with Crippen LogP contribution in [0, 0.1) is 6.92 Å². The Labute approximate surface area is 174 Å². The van der Waals surface area contributed by atoms with Crippen molar-refractivity contribution in [3.8, 4) is 0 Å². The number of ketones is 1. The molecule has 0 aliphatic rings. The number of sulfonamides is 1. The fraction of sp³-hybridized carbons (Fsp3) is 0.143. The van der Waals surface area contributed by atoms with Crippen molar-refractivity contribution in [3.63, 3.8) is 0 Å². The van der Waals surface area contributed by atoms with Gasteiger partial charge in [-0.05, 0) is 37.3 Å². The number of Topliss-reactive ketones (excluding diaryl/α,β-unsaturated/α-hetero) is 1. The van der Waals surface area contributed by atoms with Crippen LogP contribution in [0.2, 0.25) is 0 Å². The van der Waals surface area contributed by atoms with Gasteiger partial charge in [0.1, 0.15) is 0 Å². The van der Waals surface area contributed by atoms with Gasteiger partial charge in [0.15, 0.2) is 5.78 Å². The lowest BCUT2D eigenvalue weighted by atomic mass is 10.0. The fourth-order valence-electron chi connectivity index (χ4n) is 2.58. The number of rotatable bonds is 8. The molecular weight excluding hydrogens is 404 g/mol. The van der Waals surface area contributed by atoms with Gasteiger partial charge in [-0.2, -0.15) is 0 Å². The van der Waals surface area contributed by atoms with Crippen LogP contribution in [0.5, 0.6) is 0 Å². The average Bonchev–Trinajstić information content (AvgIpc) is 2.73. The van der Waals surface area contributed by atoms with E-state index in [0.717, 1.165) is 5.56 Å². The zero-order valence-electron chi connectivity index (χ0n) is 16.2. The van der Waals surface area contributed by atoms with E-state index in [1.54, 1.807) is 18.2 Å². The Morgan fingerprint density at radius 3 is 2.17 bits per heavy atom. The van der Waals surface area contributed by atoms with Gasteiger partial charge in [0.25, 0.3) is 10.0 Å². The molecule has 0 aliphatic carbocycles. The predicted octanol–water partition coefficient (Wildman–Crippen LogP) is 3.19. The monoisotopic (exact) mass is 424 g/mol. The van der Waals surface area contributed by atoms with Crippen LogP contribution in [-0.2, 0) is 14.8 Å². The van der Waals surface area contributed by atoms with E-state index in [1.165, 1.54) is 36.7 Å². The van der Waals surface area contributed by atoms with Gasteiger partial charge in [-0.1, -0.05) is 29.8 Å². The maximum absolute atomic E-state index is 12.4. The smallest absolute Gasteiger partial charge is 0.264 e. The lowest BCUT2D eigenvalue weighted by molar-refractivity contribution is -0.116. The predicted molar refractivity (Wildman–Crippen MR) is 113 cm³/mol. The summed E-state index contributed by atoms with van der Waals surface area (Å²) in [5.41, 5.74) is 2.05. The van der Waals surface area contributed by atoms with E-state index in [4.69, 9.17) is 0 Å². The molecule has 0 radical (unpaired) electrons. The summed E-state index contributed by atoms with van der Waals surface area (Å²) in [6.07, 6.45) is 2.96. The Kier molecular flexibility index (Phi) is 6.53. The fourth-order valence-corrected chi connectivity index (χ4v) is 3.54. The van der Waals surface area contributed by atoms with Crippen molar-refractivity contribution in [2.24, 2.45) is 0 Å². The van der Waals surface area contributed by atoms with E-state index in [-0.39, 0.29) is 35.4 Å². The van der Waals surface area contributed by atoms with Crippen LogP contribution < -0.4 is 10.0 Å². The maximum Gasteiger partial charge on any atom is 0.264 e. The number of nitrogens with zero attached hydrogens (tertiary/aromatic N) is 2. The van der Waals surface area contributed by atoms with Crippen molar-refractivity contribution in [1.29, 1.82) is 0 Å². The highest BCUT2D eigenvalue weighted by Gasteiger charge is 2.16. The number of hydrogen-bond acceptors (Lipinski definition) is 6. The van der Waals surface area contributed by atoms with Crippen LogP contribution in [0.1, 0.15) is 28.8 Å². The van der Waals surface area contributed by atoms with Gasteiger partial charge < -0.3 is 5.32 Å². The van der Waals surface area contributed by atoms with Gasteiger partial charge in [-0.25, -0.2) is 23.1 Å². The summed E-state index contributed by atoms with van der Waals surface area (Å²) in [6.45, 7) is 1.93. The van der Waals surface area contributed by atoms with Crippen LogP contribution in [-0.4, -0.2) is 30.1 Å². The number of carbonyl (C=O) groups is 2. The topological polar surface area (TPSA) is 118 Å². The van der Waals surface area contributed by atoms with Crippen molar-refractivity contribution in [3.05, 3.63) is 78.1 Å². The molecule has 8 nitrogen and oxygen atoms in total. The summed E-state index contributed by atoms with van der Waals surface area (Å²) >= 11 is 0. The first kappa shape index (κ1) is 21.1. The van der Waals surface area contributed by atoms with Crippen LogP contribution in [0.3, 0.4) is 0 Å². The number of amides is 1. The first-order chi connectivity index (χ1) is 14.3. The van der Waals surface area contributed by atoms with Crippen molar-refractivity contribution in [1.82, 2.24) is 9.97 Å². The third kappa shape index (κ3) is 5.71. The van der Waals surface area contributed by atoms with Crippen molar-refractivity contribution >= 4 is 33.3 Å². The first-order valence-corrected chi connectivity index (χ1v) is 10.6. The van der Waals surface area contributed by atoms with E-state index in [9.17, 15) is 18.0 Å². The normalized spacial score (nSPS) is 11.0. The van der Waals surface area contributed by atoms with Crippen LogP contribution in [0.15, 0.2) is 71.9 Å². The van der Waals surface area contributed by atoms with Crippen molar-refractivity contribution in [2.45, 2.75) is 24.7 Å². The summed E-state index contributed by atoms with van der Waals surface area (Å²) in [5.74, 6) is -0.476. The van der Waals surface area contributed by atoms with Crippen molar-refractivity contribution in [2.75, 3.05) is 10.0 Å². The molecule has 0 saturated carbocycles. The van der Waals surface area contributed by atoms with Crippen LogP contribution in [0.4, 0.5) is 11.6 Å². The quantitative estimate of drug-likeness (QED) is 0.536. The second-order valence-electron chi connectivity index (χ2n) is 6.54. The minimum absolute atomic E-state index is 0.00232. The zero-order chi connectivity index (χ0) is 21.6. The molecule has 0 aliphatic heterocycles. The Balaban J connectivity index is 1.55. The molecule has 3 rings (SSSR count). The Morgan fingerprint density at radius 1 is 0.900 bits per heavy atom. The number of carbonyl (C=O) groups excluding carboxylic acids is 2. The standard InChI is InChI=1S/C21H20N4O4S/c1-15-3-5-16(6-4-15)19(26)11-12-20(27)24-17-7-9-18(10-8-17)30(28,29)25-21-22-13-2-14-23-21/h2-10,13-14H,11-12H2,1H3,(H,24,27)(H,22,23,25). The molecule has 2 aromatic carbocycles. The summed E-state index contributed by atoms with van der Waals surface area (Å²) in [4.78, 5) is 31.9. The van der Waals surface area contributed by atoms with Gasteiger partial charge in [-0.3, -0.25) is 9.59 Å². The maximum atomic E-state index is 12.4. The molecule has 1 heterocycles. The highest BCUT2D eigenvalue weighted by atomic mass is 32.2. The van der Waals surface area contributed by atoms with Gasteiger partial charge in [-0.15, -0.1) is 0 Å². The molecule has 0 unspecified atom stereocenters. The molecule has 2 N–H and O–H groups in total. The van der Waals surface area contributed by atoms with Gasteiger partial charge in [0.2, 0.25) is 11.9 Å². The van der Waals surface area contributed by atoms with E-state index in [2.05, 4.69) is 20.0 Å². The summed E-state index contributed by atoms with van der Waals surface area (Å²) in [5, 5.41) is 2.66. The number of aryl methyl sites for hydroxylation is 1. The van der Waals surface area contributed by atoms with Gasteiger partial charge in [0, 0.05) is 36.5 Å². The van der Waals surface area contributed by atoms with Crippen LogP contribution in [0.25, 0.3) is 0 Å². The molecule has 1 amide bonds. The minimum atomic E-state index is -3.85. The lowest BCUT2D eigenvalue weighted by Gasteiger charge is -2.08. The molecule has 9 heteroatoms. The largest absolute Gasteiger partial charge is 0.326 e. The summed E-state index contributed by atoms with van der Waals surface area (Å²) in [6, 6.07) is 14.4. The third-order valence-corrected chi connectivity index (χ3v) is 5.54. The molecular formula is C21H20N4O4S. The summed E-state index contributed by atoms with van der Waals surface area (Å²) in [7, 11) is -3.85. The molecule has 30 heavy (non-hydrogen) atoms. The minimum Gasteiger partial charge on any atom is -0.326 e. The molecule has 154 valence electrons. The van der Waals surface area contributed by atoms with Crippen molar-refractivity contribution < 1.29 is 18.0 Å². The average molecular weight is 424 g/mol. The Hall–Kier alpha value is -3.59. The van der Waals surface area contributed by atoms with E-state index in [0.29, 0.717) is 11.3 Å². The molecule has 1 aromatic heterocycles. The zero-order valence-corrected chi connectivity index (χ0v) is 17.0. The van der Waals surface area contributed by atoms with E-state index >= 15 is 0 Å². The second-order valence-corrected chi connectivity index (χ2v) is 8.22. The number of aromatic nitrogens is 2.